The standard InChI is InChI=1S/C30H31ClF3N3O5S/c1-19(35-15-28(38)22-5-3-6-24(31)13-22)10-20-8-9-26-23(11-20)14-27(29(39)40)37(26)16-21-4-2-7-25(12-21)36-18-43(41,42)17-30(32,33)34/h2-9,11-14,19,28,35-36,38H,10,15-18H2,1H3,(H,39,40). The molecule has 4 rings (SSSR count). The molecular weight excluding hydrogens is 607 g/mol. The normalized spacial score (nSPS) is 13.6. The fourth-order valence-electron chi connectivity index (χ4n) is 4.82. The van der Waals surface area contributed by atoms with Gasteiger partial charge in [0, 0.05) is 40.7 Å². The van der Waals surface area contributed by atoms with Gasteiger partial charge in [0.1, 0.15) is 17.3 Å². The number of hydrogen-bond acceptors (Lipinski definition) is 6. The van der Waals surface area contributed by atoms with Gasteiger partial charge < -0.3 is 25.4 Å². The molecule has 13 heteroatoms. The lowest BCUT2D eigenvalue weighted by Crippen LogP contribution is -2.32. The second-order valence-electron chi connectivity index (χ2n) is 10.4. The average Bonchev–Trinajstić information content (AvgIpc) is 3.27. The molecular formula is C30H31ClF3N3O5S. The number of hydrogen-bond donors (Lipinski definition) is 4. The largest absolute Gasteiger partial charge is 0.477 e. The fraction of sp³-hybridized carbons (Fsp3) is 0.300. The summed E-state index contributed by atoms with van der Waals surface area (Å²) in [5.74, 6) is -3.94. The Bertz CT molecular complexity index is 1710. The number of halogens is 4. The van der Waals surface area contributed by atoms with Crippen LogP contribution in [0.5, 0.6) is 0 Å². The minimum Gasteiger partial charge on any atom is -0.477 e. The van der Waals surface area contributed by atoms with Crippen LogP contribution in [0.3, 0.4) is 0 Å². The number of sulfone groups is 1. The number of aliphatic hydroxyl groups is 1. The van der Waals surface area contributed by atoms with E-state index in [2.05, 4.69) is 10.6 Å². The maximum atomic E-state index is 12.5. The van der Waals surface area contributed by atoms with Gasteiger partial charge in [0.25, 0.3) is 0 Å². The summed E-state index contributed by atoms with van der Waals surface area (Å²) in [6.45, 7) is 2.44. The van der Waals surface area contributed by atoms with Crippen molar-refractivity contribution in [2.24, 2.45) is 0 Å². The van der Waals surface area contributed by atoms with E-state index in [0.29, 0.717) is 45.7 Å². The van der Waals surface area contributed by atoms with Gasteiger partial charge in [-0.1, -0.05) is 41.9 Å². The molecule has 0 aliphatic heterocycles. The third kappa shape index (κ3) is 9.20. The Labute approximate surface area is 252 Å². The minimum absolute atomic E-state index is 0.00231. The summed E-state index contributed by atoms with van der Waals surface area (Å²) in [6, 6.07) is 20.7. The zero-order valence-corrected chi connectivity index (χ0v) is 24.7. The number of aliphatic hydroxyl groups excluding tert-OH is 1. The molecule has 230 valence electrons. The highest BCUT2D eigenvalue weighted by atomic mass is 35.5. The highest BCUT2D eigenvalue weighted by Gasteiger charge is 2.34. The van der Waals surface area contributed by atoms with Crippen LogP contribution in [0.25, 0.3) is 10.9 Å². The van der Waals surface area contributed by atoms with Crippen LogP contribution in [0.15, 0.2) is 72.8 Å². The maximum Gasteiger partial charge on any atom is 0.402 e. The summed E-state index contributed by atoms with van der Waals surface area (Å²) in [6.07, 6.45) is -4.94. The Morgan fingerprint density at radius 3 is 2.47 bits per heavy atom. The van der Waals surface area contributed by atoms with Gasteiger partial charge in [-0.15, -0.1) is 0 Å². The average molecular weight is 638 g/mol. The van der Waals surface area contributed by atoms with E-state index in [4.69, 9.17) is 11.6 Å². The first-order valence-electron chi connectivity index (χ1n) is 13.3. The van der Waals surface area contributed by atoms with Gasteiger partial charge in [0.05, 0.1) is 6.10 Å². The van der Waals surface area contributed by atoms with Crippen LogP contribution < -0.4 is 10.6 Å². The molecule has 1 aromatic heterocycles. The molecule has 0 fully saturated rings. The molecule has 8 nitrogen and oxygen atoms in total. The quantitative estimate of drug-likeness (QED) is 0.150. The van der Waals surface area contributed by atoms with Gasteiger partial charge in [-0.2, -0.15) is 13.2 Å². The van der Waals surface area contributed by atoms with Crippen molar-refractivity contribution in [3.63, 3.8) is 0 Å². The predicted molar refractivity (Wildman–Crippen MR) is 160 cm³/mol. The molecule has 0 radical (unpaired) electrons. The van der Waals surface area contributed by atoms with Crippen molar-refractivity contribution in [2.75, 3.05) is 23.5 Å². The zero-order valence-electron chi connectivity index (χ0n) is 23.1. The lowest BCUT2D eigenvalue weighted by molar-refractivity contribution is -0.106. The molecule has 2 atom stereocenters. The van der Waals surface area contributed by atoms with Gasteiger partial charge in [-0.05, 0) is 72.5 Å². The van der Waals surface area contributed by atoms with Gasteiger partial charge in [0.2, 0.25) is 0 Å². The van der Waals surface area contributed by atoms with Crippen LogP contribution in [-0.2, 0) is 22.8 Å². The Kier molecular flexibility index (Phi) is 10.1. The molecule has 1 heterocycles. The van der Waals surface area contributed by atoms with Gasteiger partial charge in [-0.25, -0.2) is 13.2 Å². The van der Waals surface area contributed by atoms with E-state index in [1.807, 2.05) is 25.1 Å². The maximum absolute atomic E-state index is 12.5. The number of nitrogens with one attached hydrogen (secondary N) is 2. The zero-order chi connectivity index (χ0) is 31.4. The monoisotopic (exact) mass is 637 g/mol. The summed E-state index contributed by atoms with van der Waals surface area (Å²) in [5.41, 5.74) is 3.31. The molecule has 0 bridgehead atoms. The first kappa shape index (κ1) is 32.3. The van der Waals surface area contributed by atoms with Crippen molar-refractivity contribution in [1.29, 1.82) is 0 Å². The van der Waals surface area contributed by atoms with Crippen molar-refractivity contribution in [3.05, 3.63) is 100 Å². The molecule has 43 heavy (non-hydrogen) atoms. The summed E-state index contributed by atoms with van der Waals surface area (Å²) in [4.78, 5) is 12.1. The molecule has 0 aliphatic carbocycles. The van der Waals surface area contributed by atoms with E-state index in [9.17, 15) is 36.6 Å². The number of benzene rings is 3. The van der Waals surface area contributed by atoms with E-state index in [1.54, 1.807) is 53.1 Å². The number of nitrogens with zero attached hydrogens (tertiary/aromatic N) is 1. The second-order valence-corrected chi connectivity index (χ2v) is 12.9. The number of alkyl halides is 3. The molecule has 2 unspecified atom stereocenters. The lowest BCUT2D eigenvalue weighted by atomic mass is 10.0. The predicted octanol–water partition coefficient (Wildman–Crippen LogP) is 5.64. The topological polar surface area (TPSA) is 121 Å². The number of carbonyl (C=O) groups is 1. The summed E-state index contributed by atoms with van der Waals surface area (Å²) < 4.78 is 62.8. The molecule has 4 aromatic rings. The van der Waals surface area contributed by atoms with E-state index >= 15 is 0 Å². The Morgan fingerprint density at radius 2 is 1.77 bits per heavy atom. The summed E-state index contributed by atoms with van der Waals surface area (Å²) in [7, 11) is -4.42. The van der Waals surface area contributed by atoms with Gasteiger partial charge in [0.15, 0.2) is 9.84 Å². The van der Waals surface area contributed by atoms with E-state index < -0.39 is 39.7 Å². The van der Waals surface area contributed by atoms with Crippen LogP contribution in [0.4, 0.5) is 18.9 Å². The number of aromatic nitrogens is 1. The van der Waals surface area contributed by atoms with Gasteiger partial charge >= 0.3 is 12.1 Å². The molecule has 0 spiro atoms. The third-order valence-electron chi connectivity index (χ3n) is 6.77. The number of fused-ring (bicyclic) bond motifs is 1. The van der Waals surface area contributed by atoms with Crippen LogP contribution in [0.2, 0.25) is 5.02 Å². The van der Waals surface area contributed by atoms with E-state index in [-0.39, 0.29) is 18.3 Å². The Hall–Kier alpha value is -3.58. The molecule has 3 aromatic carbocycles. The number of carboxylic acids is 1. The van der Waals surface area contributed by atoms with Crippen molar-refractivity contribution in [2.45, 2.75) is 38.2 Å². The first-order valence-corrected chi connectivity index (χ1v) is 15.5. The fourth-order valence-corrected chi connectivity index (χ4v) is 6.01. The minimum atomic E-state index is -4.83. The van der Waals surface area contributed by atoms with Crippen molar-refractivity contribution >= 4 is 44.0 Å². The van der Waals surface area contributed by atoms with E-state index in [0.717, 1.165) is 5.56 Å². The van der Waals surface area contributed by atoms with Gasteiger partial charge in [-0.3, -0.25) is 0 Å². The second kappa shape index (κ2) is 13.4. The van der Waals surface area contributed by atoms with Crippen LogP contribution >= 0.6 is 11.6 Å². The summed E-state index contributed by atoms with van der Waals surface area (Å²) >= 11 is 6.01. The van der Waals surface area contributed by atoms with Crippen LogP contribution in [0.1, 0.15) is 40.2 Å². The molecule has 4 N–H and O–H groups in total. The number of aromatic carboxylic acids is 1. The summed E-state index contributed by atoms with van der Waals surface area (Å²) in [5, 5.41) is 27.4. The number of anilines is 1. The molecule has 0 saturated carbocycles. The smallest absolute Gasteiger partial charge is 0.402 e. The molecule has 0 saturated heterocycles. The van der Waals surface area contributed by atoms with E-state index in [1.165, 1.54) is 6.07 Å². The third-order valence-corrected chi connectivity index (χ3v) is 8.35. The van der Waals surface area contributed by atoms with Crippen molar-refractivity contribution < 1.29 is 36.6 Å². The molecule has 0 amide bonds. The highest BCUT2D eigenvalue weighted by molar-refractivity contribution is 7.91. The lowest BCUT2D eigenvalue weighted by Gasteiger charge is -2.18. The highest BCUT2D eigenvalue weighted by Crippen LogP contribution is 2.25. The molecule has 0 aliphatic rings. The Balaban J connectivity index is 1.45. The van der Waals surface area contributed by atoms with Crippen molar-refractivity contribution in [3.8, 4) is 0 Å². The van der Waals surface area contributed by atoms with Crippen molar-refractivity contribution in [1.82, 2.24) is 9.88 Å². The SMILES string of the molecule is CC(Cc1ccc2c(c1)cc(C(=O)O)n2Cc1cccc(NCS(=O)(=O)CC(F)(F)F)c1)NCC(O)c1cccc(Cl)c1. The van der Waals surface area contributed by atoms with Crippen LogP contribution in [-0.4, -0.2) is 59.6 Å². The number of rotatable bonds is 13. The first-order chi connectivity index (χ1) is 20.2. The van der Waals surface area contributed by atoms with Crippen LogP contribution in [0, 0.1) is 0 Å². The number of carboxylic acid groups (broad SMARTS) is 1. The Morgan fingerprint density at radius 1 is 1.02 bits per heavy atom.